The van der Waals surface area contributed by atoms with Gasteiger partial charge in [0.2, 0.25) is 17.9 Å². The second-order valence-corrected chi connectivity index (χ2v) is 31.6. The van der Waals surface area contributed by atoms with E-state index >= 15 is 0 Å². The first kappa shape index (κ1) is 78.2. The SMILES string of the molecule is CC(CCCN)Nc1cc(CO)cc2cccnc12.CCCCN(CCCC)CC(O)c1cc(Cl)cc2c1-c1ccc(Cl)cc1/C2=C/c1ccc(Cl)cc1.CO[C@H]1O[C@@H]2O[C@]3(C)CC[C@H]4[C@H](C)CC[C@@H]([C@H]1C)[C@@]24OO3.C[C@H]1[C@H](OC(=O)CCC(=O)O)O[C@@H]2O[C@]3(C)CC[C@H]4[C@H](C)CC[C@@H]1[C@@]24OO3. The van der Waals surface area contributed by atoms with E-state index in [2.05, 4.69) is 68.9 Å². The zero-order chi connectivity index (χ0) is 72.8. The van der Waals surface area contributed by atoms with Crippen molar-refractivity contribution in [2.24, 2.45) is 53.1 Å². The number of nitrogens with zero attached hydrogens (tertiary/aromatic N) is 2. The summed E-state index contributed by atoms with van der Waals surface area (Å²) >= 11 is 19.2. The lowest BCUT2D eigenvalue weighted by Gasteiger charge is -2.60. The number of fused-ring (bicyclic) bond motifs is 8. The van der Waals surface area contributed by atoms with Crippen molar-refractivity contribution >= 4 is 75.0 Å². The number of aliphatic carboxylic acids is 1. The van der Waals surface area contributed by atoms with Crippen LogP contribution in [0.3, 0.4) is 0 Å². The minimum atomic E-state index is -1.03. The number of halogens is 3. The summed E-state index contributed by atoms with van der Waals surface area (Å²) < 4.78 is 35.7. The molecule has 3 aliphatic carbocycles. The average molecular weight is 1470 g/mol. The number of aliphatic hydroxyl groups excluding tert-OH is 2. The van der Waals surface area contributed by atoms with Crippen molar-refractivity contribution in [3.63, 3.8) is 0 Å². The molecule has 4 bridgehead atoms. The van der Waals surface area contributed by atoms with Crippen molar-refractivity contribution in [1.29, 1.82) is 0 Å². The zero-order valence-electron chi connectivity index (χ0n) is 60.9. The van der Waals surface area contributed by atoms with E-state index in [1.165, 1.54) is 6.42 Å². The Bertz CT molecular complexity index is 3710. The highest BCUT2D eigenvalue weighted by atomic mass is 35.5. The van der Waals surface area contributed by atoms with E-state index in [0.717, 1.165) is 151 Å². The Labute approximate surface area is 616 Å². The molecule has 558 valence electrons. The summed E-state index contributed by atoms with van der Waals surface area (Å²) in [5, 5.41) is 36.1. The zero-order valence-corrected chi connectivity index (χ0v) is 63.2. The van der Waals surface area contributed by atoms with Crippen LogP contribution in [0.25, 0.3) is 33.7 Å². The molecule has 0 amide bonds. The minimum absolute atomic E-state index is 0.0384. The summed E-state index contributed by atoms with van der Waals surface area (Å²) in [5.74, 6) is -0.871. The van der Waals surface area contributed by atoms with E-state index in [9.17, 15) is 19.8 Å². The maximum atomic E-state index is 12.1. The second-order valence-electron chi connectivity index (χ2n) is 30.3. The topological polar surface area (TPSA) is 241 Å². The smallest absolute Gasteiger partial charge is 0.308 e. The quantitative estimate of drug-likeness (QED) is 0.0332. The van der Waals surface area contributed by atoms with Gasteiger partial charge in [0.1, 0.15) is 0 Å². The van der Waals surface area contributed by atoms with Gasteiger partial charge in [0.25, 0.3) is 0 Å². The maximum Gasteiger partial charge on any atom is 0.308 e. The predicted octanol–water partition coefficient (Wildman–Crippen LogP) is 16.9. The average Bonchev–Trinajstić information content (AvgIpc) is 1.32. The number of carboxylic acids is 1. The van der Waals surface area contributed by atoms with Gasteiger partial charge < -0.3 is 59.7 Å². The molecule has 4 aromatic carbocycles. The van der Waals surface area contributed by atoms with Gasteiger partial charge in [-0.2, -0.15) is 0 Å². The number of ether oxygens (including phenoxy) is 6. The van der Waals surface area contributed by atoms with Gasteiger partial charge in [0.15, 0.2) is 30.1 Å². The van der Waals surface area contributed by atoms with E-state index in [0.29, 0.717) is 64.3 Å². The van der Waals surface area contributed by atoms with E-state index in [4.69, 9.17) is 93.6 Å². The van der Waals surface area contributed by atoms with Crippen LogP contribution in [-0.4, -0.2) is 124 Å². The lowest BCUT2D eigenvalue weighted by Crippen LogP contribution is -2.70. The van der Waals surface area contributed by atoms with Crippen molar-refractivity contribution in [2.75, 3.05) is 38.6 Å². The molecule has 5 aromatic rings. The Morgan fingerprint density at radius 2 is 1.32 bits per heavy atom. The summed E-state index contributed by atoms with van der Waals surface area (Å²) in [6, 6.07) is 25.8. The molecular weight excluding hydrogens is 1360 g/mol. The molecule has 10 fully saturated rings. The number of carboxylic acid groups (broad SMARTS) is 1. The summed E-state index contributed by atoms with van der Waals surface area (Å²) in [6.45, 7) is 22.4. The largest absolute Gasteiger partial charge is 0.481 e. The molecule has 1 aromatic heterocycles. The number of aromatic nitrogens is 1. The Morgan fingerprint density at radius 3 is 1.91 bits per heavy atom. The lowest BCUT2D eigenvalue weighted by molar-refractivity contribution is -0.577. The first-order valence-corrected chi connectivity index (χ1v) is 38.3. The van der Waals surface area contributed by atoms with Crippen LogP contribution in [0.15, 0.2) is 85.1 Å². The number of nitrogens with one attached hydrogen (secondary N) is 1. The molecule has 2 spiro atoms. The van der Waals surface area contributed by atoms with Crippen LogP contribution in [0, 0.1) is 47.3 Å². The van der Waals surface area contributed by atoms with E-state index in [1.807, 2.05) is 93.6 Å². The number of anilines is 1. The van der Waals surface area contributed by atoms with Gasteiger partial charge in [-0.15, -0.1) is 0 Å². The van der Waals surface area contributed by atoms with Gasteiger partial charge in [-0.1, -0.05) is 113 Å². The van der Waals surface area contributed by atoms with Crippen molar-refractivity contribution in [1.82, 2.24) is 9.88 Å². The van der Waals surface area contributed by atoms with Crippen LogP contribution >= 0.6 is 34.8 Å². The highest BCUT2D eigenvalue weighted by Gasteiger charge is 2.71. The number of methoxy groups -OCH3 is 1. The number of pyridine rings is 1. The second kappa shape index (κ2) is 33.9. The number of carbonyl (C=O) groups is 2. The summed E-state index contributed by atoms with van der Waals surface area (Å²) in [4.78, 5) is 53.1. The van der Waals surface area contributed by atoms with Gasteiger partial charge in [-0.3, -0.25) is 14.6 Å². The molecule has 8 saturated heterocycles. The molecule has 8 aliphatic heterocycles. The fourth-order valence-electron chi connectivity index (χ4n) is 17.6. The molecule has 16 rings (SSSR count). The number of benzene rings is 4. The normalized spacial score (nSPS) is 32.3. The van der Waals surface area contributed by atoms with Crippen LogP contribution in [0.1, 0.15) is 199 Å². The number of nitrogens with two attached hydrogens (primary N) is 1. The van der Waals surface area contributed by atoms with E-state index in [1.54, 1.807) is 13.3 Å². The molecule has 11 aliphatic rings. The molecule has 18 atom stereocenters. The summed E-state index contributed by atoms with van der Waals surface area (Å²) in [6.07, 6.45) is 15.2. The lowest BCUT2D eigenvalue weighted by atomic mass is 9.58. The Kier molecular flexibility index (Phi) is 26.0. The molecule has 102 heavy (non-hydrogen) atoms. The highest BCUT2D eigenvalue weighted by molar-refractivity contribution is 6.32. The monoisotopic (exact) mass is 1470 g/mol. The third kappa shape index (κ3) is 16.8. The fourth-order valence-corrected chi connectivity index (χ4v) is 18.1. The first-order valence-electron chi connectivity index (χ1n) is 37.2. The number of unbranched alkanes of at least 4 members (excludes halogenated alkanes) is 2. The number of hydrogen-bond acceptors (Lipinski definition) is 18. The Morgan fingerprint density at radius 1 is 0.725 bits per heavy atom. The van der Waals surface area contributed by atoms with Crippen molar-refractivity contribution < 1.29 is 72.9 Å². The van der Waals surface area contributed by atoms with Crippen molar-refractivity contribution in [2.45, 2.75) is 232 Å². The highest BCUT2D eigenvalue weighted by Crippen LogP contribution is 2.63. The molecule has 9 heterocycles. The van der Waals surface area contributed by atoms with Crippen LogP contribution in [-0.2, 0) is 64.2 Å². The molecule has 2 saturated carbocycles. The van der Waals surface area contributed by atoms with E-state index < -0.39 is 59.7 Å². The van der Waals surface area contributed by atoms with Crippen molar-refractivity contribution in [3.8, 4) is 11.1 Å². The molecule has 22 heteroatoms. The molecule has 2 unspecified atom stereocenters. The van der Waals surface area contributed by atoms with Crippen LogP contribution in [0.4, 0.5) is 5.69 Å². The minimum Gasteiger partial charge on any atom is -0.481 e. The Hall–Kier alpha value is -4.88. The summed E-state index contributed by atoms with van der Waals surface area (Å²) in [7, 11) is 1.70. The van der Waals surface area contributed by atoms with Gasteiger partial charge in [-0.05, 0) is 233 Å². The number of aliphatic hydroxyl groups is 2. The van der Waals surface area contributed by atoms with Crippen LogP contribution < -0.4 is 11.1 Å². The first-order chi connectivity index (χ1) is 48.9. The van der Waals surface area contributed by atoms with Crippen molar-refractivity contribution in [3.05, 3.63) is 128 Å². The number of esters is 1. The third-order valence-electron chi connectivity index (χ3n) is 23.0. The number of hydrogen-bond donors (Lipinski definition) is 5. The number of carbonyl (C=O) groups excluding carboxylic acids is 1. The fraction of sp³-hybridized carbons (Fsp3) is 0.613. The van der Waals surface area contributed by atoms with E-state index in [-0.39, 0.29) is 49.4 Å². The molecule has 6 N–H and O–H groups in total. The molecular formula is C80H107Cl3N4O15. The van der Waals surface area contributed by atoms with Crippen LogP contribution in [0.5, 0.6) is 0 Å². The summed E-state index contributed by atoms with van der Waals surface area (Å²) in [5.41, 5.74) is 14.3. The molecule has 0 radical (unpaired) electrons. The standard InChI is InChI=1S/C30H32Cl3NO.C19H28O8.C16H26O5.C15H21N3O/c1-3-5-13-34(14-6-4-2)19-29(35)28-18-23(33)17-27-25(15-20-7-9-21(31)10-8-20)26-16-22(32)11-12-24(26)30(27)28;1-10-4-5-13-11(2)16(23-15(22)7-6-14(20)21)24-17-19(13)12(10)8-9-18(3,25-17)26-27-19;1-9-5-6-12-10(2)13(17-4)18-14-16(12)11(9)7-8-15(3,19-14)20-21-16;1-11(4-2-6-16)18-14-9-12(10-19)8-13-5-3-7-17-15(13)14/h7-12,15-18,29,35H,3-6,13-14,19H2,1-2H3;10-13,16-17H,4-9H2,1-3H3,(H,20,21);9-14H,5-8H2,1-4H3;3,5,7-9,11,18-19H,2,4,6,10,16H2,1H3/b25-15-;;;/t;10-,11-,12+,13+,16-,17-,18+,19-;9-,10-,11+,12+,13+,14-,15+,16-;/m.11./s1. The Balaban J connectivity index is 0.000000140. The maximum absolute atomic E-state index is 12.1. The predicted molar refractivity (Wildman–Crippen MR) is 394 cm³/mol. The van der Waals surface area contributed by atoms with Gasteiger partial charge >= 0.3 is 11.9 Å². The number of rotatable bonds is 21. The van der Waals surface area contributed by atoms with Crippen LogP contribution in [0.2, 0.25) is 15.1 Å². The molecule has 19 nitrogen and oxygen atoms in total. The third-order valence-corrected chi connectivity index (χ3v) is 23.7. The van der Waals surface area contributed by atoms with Gasteiger partial charge in [0.05, 0.1) is 36.8 Å². The van der Waals surface area contributed by atoms with Gasteiger partial charge in [-0.25, -0.2) is 19.6 Å². The van der Waals surface area contributed by atoms with Gasteiger partial charge in [0, 0.05) is 82.9 Å².